The van der Waals surface area contributed by atoms with E-state index < -0.39 is 12.0 Å². The lowest BCUT2D eigenvalue weighted by molar-refractivity contribution is -0.117. The van der Waals surface area contributed by atoms with Gasteiger partial charge in [0.15, 0.2) is 0 Å². The molecule has 0 bridgehead atoms. The van der Waals surface area contributed by atoms with Gasteiger partial charge in [-0.15, -0.1) is 0 Å². The van der Waals surface area contributed by atoms with Crippen LogP contribution < -0.4 is 10.6 Å². The summed E-state index contributed by atoms with van der Waals surface area (Å²) in [5, 5.41) is 23.3. The van der Waals surface area contributed by atoms with Crippen molar-refractivity contribution in [1.82, 2.24) is 10.6 Å². The Balaban J connectivity index is 3.79. The lowest BCUT2D eigenvalue weighted by Gasteiger charge is -2.06. The Morgan fingerprint density at radius 2 is 2.15 bits per heavy atom. The molecular weight excluding hydrogens is 258 g/mol. The minimum atomic E-state index is -0.533. The quantitative estimate of drug-likeness (QED) is 0.294. The SMILES string of the molecule is CCCCOCCCNC(=O)/C(C#N)=C\NCC(C)O. The molecule has 0 aromatic carbocycles. The highest BCUT2D eigenvalue weighted by atomic mass is 16.5. The van der Waals surface area contributed by atoms with Crippen molar-refractivity contribution < 1.29 is 14.6 Å². The Morgan fingerprint density at radius 1 is 1.45 bits per heavy atom. The van der Waals surface area contributed by atoms with Crippen LogP contribution in [0.3, 0.4) is 0 Å². The Morgan fingerprint density at radius 3 is 2.75 bits per heavy atom. The molecule has 0 spiro atoms. The molecule has 1 unspecified atom stereocenters. The average molecular weight is 283 g/mol. The number of ether oxygens (including phenoxy) is 1. The summed E-state index contributed by atoms with van der Waals surface area (Å²) in [7, 11) is 0. The lowest BCUT2D eigenvalue weighted by atomic mass is 10.3. The largest absolute Gasteiger partial charge is 0.392 e. The number of nitrogens with zero attached hydrogens (tertiary/aromatic N) is 1. The van der Waals surface area contributed by atoms with Crippen LogP contribution in [0.5, 0.6) is 0 Å². The number of hydrogen-bond acceptors (Lipinski definition) is 5. The molecular formula is C14H25N3O3. The van der Waals surface area contributed by atoms with Crippen molar-refractivity contribution in [3.63, 3.8) is 0 Å². The second kappa shape index (κ2) is 12.5. The van der Waals surface area contributed by atoms with Gasteiger partial charge in [0.05, 0.1) is 6.10 Å². The summed E-state index contributed by atoms with van der Waals surface area (Å²) >= 11 is 0. The van der Waals surface area contributed by atoms with Gasteiger partial charge in [0, 0.05) is 32.5 Å². The topological polar surface area (TPSA) is 94.4 Å². The van der Waals surface area contributed by atoms with Crippen molar-refractivity contribution in [3.8, 4) is 6.07 Å². The van der Waals surface area contributed by atoms with E-state index in [1.807, 2.05) is 6.07 Å². The Hall–Kier alpha value is -1.58. The Bertz CT molecular complexity index is 335. The van der Waals surface area contributed by atoms with E-state index in [0.29, 0.717) is 19.7 Å². The Labute approximate surface area is 120 Å². The molecule has 6 nitrogen and oxygen atoms in total. The zero-order chi connectivity index (χ0) is 15.2. The molecule has 0 saturated heterocycles. The number of nitrogens with one attached hydrogen (secondary N) is 2. The van der Waals surface area contributed by atoms with Crippen LogP contribution in [0.25, 0.3) is 0 Å². The standard InChI is InChI=1S/C14H25N3O3/c1-3-4-7-20-8-5-6-17-14(19)13(9-15)11-16-10-12(2)18/h11-12,16,18H,3-8,10H2,1-2H3,(H,17,19)/b13-11-. The summed E-state index contributed by atoms with van der Waals surface area (Å²) in [5.74, 6) is -0.417. The molecule has 1 amide bonds. The summed E-state index contributed by atoms with van der Waals surface area (Å²) < 4.78 is 5.36. The van der Waals surface area contributed by atoms with E-state index in [4.69, 9.17) is 15.1 Å². The second-order valence-corrected chi connectivity index (χ2v) is 4.50. The summed E-state index contributed by atoms with van der Waals surface area (Å²) in [6, 6.07) is 1.82. The maximum atomic E-state index is 11.6. The molecule has 20 heavy (non-hydrogen) atoms. The van der Waals surface area contributed by atoms with Crippen LogP contribution >= 0.6 is 0 Å². The van der Waals surface area contributed by atoms with Crippen molar-refractivity contribution in [2.75, 3.05) is 26.3 Å². The minimum absolute atomic E-state index is 0.00227. The minimum Gasteiger partial charge on any atom is -0.392 e. The highest BCUT2D eigenvalue weighted by Crippen LogP contribution is 1.92. The number of amides is 1. The third kappa shape index (κ3) is 10.4. The number of nitriles is 1. The van der Waals surface area contributed by atoms with Gasteiger partial charge in [-0.2, -0.15) is 5.26 Å². The molecule has 0 fully saturated rings. The number of carbonyl (C=O) groups is 1. The highest BCUT2D eigenvalue weighted by Gasteiger charge is 2.07. The van der Waals surface area contributed by atoms with Crippen molar-refractivity contribution in [2.24, 2.45) is 0 Å². The van der Waals surface area contributed by atoms with E-state index in [-0.39, 0.29) is 5.57 Å². The van der Waals surface area contributed by atoms with Crippen LogP contribution in [0.15, 0.2) is 11.8 Å². The average Bonchev–Trinajstić information content (AvgIpc) is 2.42. The summed E-state index contributed by atoms with van der Waals surface area (Å²) in [4.78, 5) is 11.6. The van der Waals surface area contributed by atoms with Crippen molar-refractivity contribution in [3.05, 3.63) is 11.8 Å². The maximum Gasteiger partial charge on any atom is 0.263 e. The second-order valence-electron chi connectivity index (χ2n) is 4.50. The molecule has 3 N–H and O–H groups in total. The van der Waals surface area contributed by atoms with Gasteiger partial charge in [-0.1, -0.05) is 13.3 Å². The molecule has 114 valence electrons. The van der Waals surface area contributed by atoms with Crippen LogP contribution in [0.2, 0.25) is 0 Å². The molecule has 0 heterocycles. The van der Waals surface area contributed by atoms with Crippen molar-refractivity contribution in [2.45, 2.75) is 39.2 Å². The van der Waals surface area contributed by atoms with Gasteiger partial charge in [-0.25, -0.2) is 0 Å². The zero-order valence-electron chi connectivity index (χ0n) is 12.3. The van der Waals surface area contributed by atoms with Gasteiger partial charge < -0.3 is 20.5 Å². The number of aliphatic hydroxyl groups is 1. The fourth-order valence-corrected chi connectivity index (χ4v) is 1.30. The first-order chi connectivity index (χ1) is 9.61. The van der Waals surface area contributed by atoms with Gasteiger partial charge >= 0.3 is 0 Å². The van der Waals surface area contributed by atoms with E-state index >= 15 is 0 Å². The van der Waals surface area contributed by atoms with Crippen molar-refractivity contribution >= 4 is 5.91 Å². The van der Waals surface area contributed by atoms with Crippen LogP contribution in [0.4, 0.5) is 0 Å². The third-order valence-electron chi connectivity index (χ3n) is 2.42. The van der Waals surface area contributed by atoms with E-state index in [1.165, 1.54) is 6.20 Å². The number of carbonyl (C=O) groups excluding carboxylic acids is 1. The van der Waals surface area contributed by atoms with E-state index in [9.17, 15) is 4.79 Å². The summed E-state index contributed by atoms with van der Waals surface area (Å²) in [6.45, 7) is 5.84. The Kier molecular flexibility index (Phi) is 11.5. The van der Waals surface area contributed by atoms with Crippen LogP contribution in [0.1, 0.15) is 33.1 Å². The fourth-order valence-electron chi connectivity index (χ4n) is 1.30. The molecule has 0 rings (SSSR count). The van der Waals surface area contributed by atoms with Gasteiger partial charge in [-0.3, -0.25) is 4.79 Å². The molecule has 6 heteroatoms. The molecule has 0 aromatic heterocycles. The number of rotatable bonds is 11. The zero-order valence-corrected chi connectivity index (χ0v) is 12.3. The monoisotopic (exact) mass is 283 g/mol. The van der Waals surface area contributed by atoms with Gasteiger partial charge in [0.2, 0.25) is 0 Å². The first kappa shape index (κ1) is 18.4. The molecule has 0 aliphatic heterocycles. The number of aliphatic hydroxyl groups excluding tert-OH is 1. The fraction of sp³-hybridized carbons (Fsp3) is 0.714. The number of unbranched alkanes of at least 4 members (excludes halogenated alkanes) is 1. The molecule has 1 atom stereocenters. The van der Waals surface area contributed by atoms with Crippen molar-refractivity contribution in [1.29, 1.82) is 5.26 Å². The first-order valence-electron chi connectivity index (χ1n) is 6.99. The summed E-state index contributed by atoms with van der Waals surface area (Å²) in [6.07, 6.45) is 3.65. The first-order valence-corrected chi connectivity index (χ1v) is 6.99. The van der Waals surface area contributed by atoms with Crippen LogP contribution in [0, 0.1) is 11.3 Å². The van der Waals surface area contributed by atoms with E-state index in [2.05, 4.69) is 17.6 Å². The lowest BCUT2D eigenvalue weighted by Crippen LogP contribution is -2.28. The number of hydrogen-bond donors (Lipinski definition) is 3. The molecule has 0 radical (unpaired) electrons. The maximum absolute atomic E-state index is 11.6. The molecule has 0 aliphatic rings. The van der Waals surface area contributed by atoms with Crippen LogP contribution in [-0.4, -0.2) is 43.4 Å². The summed E-state index contributed by atoms with van der Waals surface area (Å²) in [5.41, 5.74) is -0.00227. The van der Waals surface area contributed by atoms with Gasteiger partial charge in [0.25, 0.3) is 5.91 Å². The smallest absolute Gasteiger partial charge is 0.263 e. The van der Waals surface area contributed by atoms with Gasteiger partial charge in [-0.05, 0) is 19.8 Å². The molecule has 0 aromatic rings. The highest BCUT2D eigenvalue weighted by molar-refractivity contribution is 5.97. The van der Waals surface area contributed by atoms with Gasteiger partial charge in [0.1, 0.15) is 11.6 Å². The predicted octanol–water partition coefficient (Wildman–Crippen LogP) is 0.687. The van der Waals surface area contributed by atoms with Crippen LogP contribution in [-0.2, 0) is 9.53 Å². The molecule has 0 saturated carbocycles. The third-order valence-corrected chi connectivity index (χ3v) is 2.42. The van der Waals surface area contributed by atoms with E-state index in [0.717, 1.165) is 25.9 Å². The molecule has 0 aliphatic carbocycles. The predicted molar refractivity (Wildman–Crippen MR) is 76.7 cm³/mol. The van der Waals surface area contributed by atoms with E-state index in [1.54, 1.807) is 6.92 Å². The normalized spacial score (nSPS) is 12.6.